The second-order valence-electron chi connectivity index (χ2n) is 4.99. The van der Waals surface area contributed by atoms with E-state index in [1.54, 1.807) is 0 Å². The van der Waals surface area contributed by atoms with Gasteiger partial charge in [-0.25, -0.2) is 4.57 Å². The molecule has 0 radical (unpaired) electrons. The van der Waals surface area contributed by atoms with Gasteiger partial charge in [-0.2, -0.15) is 4.62 Å². The first-order valence-electron chi connectivity index (χ1n) is 7.54. The molecule has 1 atom stereocenters. The zero-order valence-corrected chi connectivity index (χ0v) is 14.4. The van der Waals surface area contributed by atoms with Gasteiger partial charge in [-0.05, 0) is 6.42 Å². The third-order valence-electron chi connectivity index (χ3n) is 2.97. The van der Waals surface area contributed by atoms with Gasteiger partial charge in [0, 0.05) is 18.8 Å². The number of phosphoric acid groups is 1. The SMILES string of the molecule is CCCCCCCCCCCCOP(=O)(O)ON(C)Cl. The lowest BCUT2D eigenvalue weighted by Crippen LogP contribution is -2.06. The Balaban J connectivity index is 3.26. The molecule has 0 saturated heterocycles. The monoisotopic (exact) mass is 329 g/mol. The van der Waals surface area contributed by atoms with Crippen molar-refractivity contribution in [2.45, 2.75) is 71.1 Å². The molecule has 0 bridgehead atoms. The van der Waals surface area contributed by atoms with Crippen LogP contribution in [0.1, 0.15) is 71.1 Å². The molecule has 0 spiro atoms. The molecule has 0 rings (SSSR count). The molecule has 0 aliphatic heterocycles. The summed E-state index contributed by atoms with van der Waals surface area (Å²) >= 11 is 5.30. The van der Waals surface area contributed by atoms with Crippen LogP contribution in [0.15, 0.2) is 0 Å². The van der Waals surface area contributed by atoms with Crippen molar-refractivity contribution in [2.75, 3.05) is 13.7 Å². The van der Waals surface area contributed by atoms with Gasteiger partial charge in [0.2, 0.25) is 0 Å². The minimum Gasteiger partial charge on any atom is -0.301 e. The van der Waals surface area contributed by atoms with Gasteiger partial charge < -0.3 is 4.89 Å². The molecule has 20 heavy (non-hydrogen) atoms. The number of halogens is 1. The fraction of sp³-hybridized carbons (Fsp3) is 1.00. The van der Waals surface area contributed by atoms with E-state index in [-0.39, 0.29) is 6.61 Å². The van der Waals surface area contributed by atoms with Gasteiger partial charge >= 0.3 is 7.82 Å². The summed E-state index contributed by atoms with van der Waals surface area (Å²) in [6.07, 6.45) is 12.1. The minimum absolute atomic E-state index is 0.217. The highest BCUT2D eigenvalue weighted by Crippen LogP contribution is 2.44. The molecule has 0 aromatic rings. The summed E-state index contributed by atoms with van der Waals surface area (Å²) in [6, 6.07) is 0. The first kappa shape index (κ1) is 20.4. The largest absolute Gasteiger partial charge is 0.490 e. The highest BCUT2D eigenvalue weighted by molar-refractivity contribution is 7.47. The predicted octanol–water partition coefficient (Wildman–Crippen LogP) is 5.04. The van der Waals surface area contributed by atoms with Crippen LogP contribution in [-0.2, 0) is 13.7 Å². The highest BCUT2D eigenvalue weighted by Gasteiger charge is 2.23. The fourth-order valence-corrected chi connectivity index (χ4v) is 2.86. The third kappa shape index (κ3) is 14.8. The van der Waals surface area contributed by atoms with E-state index in [1.165, 1.54) is 52.0 Å². The molecule has 0 aromatic carbocycles. The first-order chi connectivity index (χ1) is 9.48. The smallest absolute Gasteiger partial charge is 0.301 e. The van der Waals surface area contributed by atoms with Crippen molar-refractivity contribution in [1.82, 2.24) is 4.58 Å². The second kappa shape index (κ2) is 13.1. The van der Waals surface area contributed by atoms with E-state index in [0.29, 0.717) is 4.58 Å². The maximum absolute atomic E-state index is 11.3. The summed E-state index contributed by atoms with van der Waals surface area (Å²) < 4.78 is 21.1. The van der Waals surface area contributed by atoms with Crippen molar-refractivity contribution in [3.8, 4) is 0 Å². The first-order valence-corrected chi connectivity index (χ1v) is 9.38. The highest BCUT2D eigenvalue weighted by atomic mass is 35.5. The molecule has 7 heteroatoms. The quantitative estimate of drug-likeness (QED) is 0.209. The minimum atomic E-state index is -4.03. The van der Waals surface area contributed by atoms with E-state index in [9.17, 15) is 9.46 Å². The van der Waals surface area contributed by atoms with E-state index in [1.807, 2.05) is 0 Å². The molecule has 1 N–H and O–H groups in total. The van der Waals surface area contributed by atoms with E-state index in [4.69, 9.17) is 16.3 Å². The molecule has 122 valence electrons. The number of nitrogens with zero attached hydrogens (tertiary/aromatic N) is 1. The second-order valence-corrected chi connectivity index (χ2v) is 6.82. The van der Waals surface area contributed by atoms with Crippen molar-refractivity contribution in [3.05, 3.63) is 0 Å². The van der Waals surface area contributed by atoms with E-state index >= 15 is 0 Å². The number of rotatable bonds is 14. The zero-order chi connectivity index (χ0) is 15.3. The van der Waals surface area contributed by atoms with Crippen LogP contribution in [0.25, 0.3) is 0 Å². The Kier molecular flexibility index (Phi) is 13.3. The molecule has 0 aliphatic carbocycles. The average molecular weight is 330 g/mol. The van der Waals surface area contributed by atoms with Gasteiger partial charge in [-0.15, -0.1) is 0 Å². The Labute approximate surface area is 128 Å². The normalized spacial score (nSPS) is 14.7. The van der Waals surface area contributed by atoms with E-state index in [0.717, 1.165) is 19.3 Å². The van der Waals surface area contributed by atoms with Gasteiger partial charge in [0.15, 0.2) is 0 Å². The maximum atomic E-state index is 11.3. The molecule has 0 fully saturated rings. The lowest BCUT2D eigenvalue weighted by atomic mass is 10.1. The van der Waals surface area contributed by atoms with Crippen LogP contribution in [0.2, 0.25) is 0 Å². The summed E-state index contributed by atoms with van der Waals surface area (Å²) in [5.41, 5.74) is 0. The fourth-order valence-electron chi connectivity index (χ4n) is 1.94. The van der Waals surface area contributed by atoms with Gasteiger partial charge in [-0.3, -0.25) is 4.52 Å². The summed E-state index contributed by atoms with van der Waals surface area (Å²) in [4.78, 5) is 9.21. The summed E-state index contributed by atoms with van der Waals surface area (Å²) in [5.74, 6) is 0. The van der Waals surface area contributed by atoms with Crippen LogP contribution in [0, 0.1) is 0 Å². The topological polar surface area (TPSA) is 59.0 Å². The number of phosphoric ester groups is 1. The lowest BCUT2D eigenvalue weighted by Gasteiger charge is -2.13. The maximum Gasteiger partial charge on any atom is 0.490 e. The Hall–Kier alpha value is 0.360. The van der Waals surface area contributed by atoms with Gasteiger partial charge in [-0.1, -0.05) is 69.3 Å². The Morgan fingerprint density at radius 2 is 1.45 bits per heavy atom. The Morgan fingerprint density at radius 3 is 1.90 bits per heavy atom. The standard InChI is InChI=1S/C13H29ClNO4P/c1-3-4-5-6-7-8-9-10-11-12-13-18-20(16,17)19-15(2)14/h3-13H2,1-2H3,(H,16,17). The van der Waals surface area contributed by atoms with Crippen molar-refractivity contribution < 1.29 is 18.6 Å². The van der Waals surface area contributed by atoms with Crippen molar-refractivity contribution in [3.63, 3.8) is 0 Å². The van der Waals surface area contributed by atoms with Gasteiger partial charge in [0.1, 0.15) is 0 Å². The van der Waals surface area contributed by atoms with Crippen LogP contribution in [0.3, 0.4) is 0 Å². The summed E-state index contributed by atoms with van der Waals surface area (Å²) in [5, 5.41) is 0. The van der Waals surface area contributed by atoms with Gasteiger partial charge in [0.25, 0.3) is 0 Å². The molecule has 0 heterocycles. The van der Waals surface area contributed by atoms with Crippen LogP contribution >= 0.6 is 19.6 Å². The molecule has 0 aromatic heterocycles. The van der Waals surface area contributed by atoms with E-state index < -0.39 is 7.82 Å². The molecule has 0 saturated carbocycles. The number of hydrogen-bond donors (Lipinski definition) is 1. The lowest BCUT2D eigenvalue weighted by molar-refractivity contribution is 0.0129. The number of hydroxylamine groups is 1. The van der Waals surface area contributed by atoms with Gasteiger partial charge in [0.05, 0.1) is 6.61 Å². The molecule has 5 nitrogen and oxygen atoms in total. The van der Waals surface area contributed by atoms with Crippen LogP contribution in [0.4, 0.5) is 0 Å². The van der Waals surface area contributed by atoms with E-state index in [2.05, 4.69) is 11.5 Å². The van der Waals surface area contributed by atoms with Crippen LogP contribution < -0.4 is 0 Å². The van der Waals surface area contributed by atoms with Crippen molar-refractivity contribution in [1.29, 1.82) is 0 Å². The van der Waals surface area contributed by atoms with Crippen molar-refractivity contribution >= 4 is 19.6 Å². The molecule has 1 unspecified atom stereocenters. The molecular formula is C13H29ClNO4P. The van der Waals surface area contributed by atoms with Crippen molar-refractivity contribution in [2.24, 2.45) is 0 Å². The third-order valence-corrected chi connectivity index (χ3v) is 4.09. The summed E-state index contributed by atoms with van der Waals surface area (Å²) in [7, 11) is -2.72. The van der Waals surface area contributed by atoms with Crippen LogP contribution in [-0.4, -0.2) is 23.1 Å². The number of unbranched alkanes of at least 4 members (excludes halogenated alkanes) is 9. The predicted molar refractivity (Wildman–Crippen MR) is 82.3 cm³/mol. The number of hydrogen-bond acceptors (Lipinski definition) is 4. The Bertz CT molecular complexity index is 267. The zero-order valence-electron chi connectivity index (χ0n) is 12.7. The molecule has 0 aliphatic rings. The molecular weight excluding hydrogens is 301 g/mol. The average Bonchev–Trinajstić information content (AvgIpc) is 2.34. The Morgan fingerprint density at radius 1 is 1.00 bits per heavy atom. The summed E-state index contributed by atoms with van der Waals surface area (Å²) in [6.45, 7) is 2.44. The molecule has 0 amide bonds. The van der Waals surface area contributed by atoms with Crippen LogP contribution in [0.5, 0.6) is 0 Å².